The Morgan fingerprint density at radius 1 is 1.15 bits per heavy atom. The van der Waals surface area contributed by atoms with Gasteiger partial charge in [0.2, 0.25) is 0 Å². The third-order valence-corrected chi connectivity index (χ3v) is 3.01. The van der Waals surface area contributed by atoms with Gasteiger partial charge in [-0.1, -0.05) is 28.1 Å². The van der Waals surface area contributed by atoms with Crippen molar-refractivity contribution in [1.29, 1.82) is 0 Å². The van der Waals surface area contributed by atoms with Crippen molar-refractivity contribution in [3.63, 3.8) is 0 Å². The molecule has 0 aliphatic heterocycles. The number of alkyl halides is 1. The van der Waals surface area contributed by atoms with Gasteiger partial charge in [0.1, 0.15) is 6.29 Å². The van der Waals surface area contributed by atoms with E-state index in [0.29, 0.717) is 0 Å². The van der Waals surface area contributed by atoms with Gasteiger partial charge in [0.05, 0.1) is 4.83 Å². The average molecular weight is 241 g/mol. The van der Waals surface area contributed by atoms with Crippen LogP contribution in [0.2, 0.25) is 0 Å². The maximum absolute atomic E-state index is 10.6. The first kappa shape index (κ1) is 10.5. The van der Waals surface area contributed by atoms with Gasteiger partial charge in [0.15, 0.2) is 0 Å². The second kappa shape index (κ2) is 4.05. The summed E-state index contributed by atoms with van der Waals surface area (Å²) in [6.07, 6.45) is 0.914. The molecule has 0 aromatic heterocycles. The highest BCUT2D eigenvalue weighted by molar-refractivity contribution is 9.09. The number of carbonyl (C=O) groups is 1. The number of benzene rings is 1. The number of hydrogen-bond acceptors (Lipinski definition) is 1. The van der Waals surface area contributed by atoms with Crippen LogP contribution in [0.3, 0.4) is 0 Å². The molecule has 0 bridgehead atoms. The van der Waals surface area contributed by atoms with Gasteiger partial charge >= 0.3 is 0 Å². The number of rotatable bonds is 2. The molecular weight excluding hydrogens is 228 g/mol. The molecule has 0 amide bonds. The van der Waals surface area contributed by atoms with E-state index >= 15 is 0 Å². The topological polar surface area (TPSA) is 17.1 Å². The van der Waals surface area contributed by atoms with Crippen molar-refractivity contribution in [1.82, 2.24) is 0 Å². The van der Waals surface area contributed by atoms with Crippen molar-refractivity contribution in [3.05, 3.63) is 34.4 Å². The zero-order valence-corrected chi connectivity index (χ0v) is 9.68. The predicted molar refractivity (Wildman–Crippen MR) is 58.4 cm³/mol. The summed E-state index contributed by atoms with van der Waals surface area (Å²) in [6, 6.07) is 4.18. The Morgan fingerprint density at radius 2 is 1.69 bits per heavy atom. The number of hydrogen-bond donors (Lipinski definition) is 0. The van der Waals surface area contributed by atoms with Crippen LogP contribution in [0, 0.1) is 20.8 Å². The van der Waals surface area contributed by atoms with Crippen LogP contribution < -0.4 is 0 Å². The molecule has 1 aromatic carbocycles. The third kappa shape index (κ3) is 2.19. The molecule has 1 atom stereocenters. The van der Waals surface area contributed by atoms with Crippen LogP contribution in [0.15, 0.2) is 12.1 Å². The molecule has 0 radical (unpaired) electrons. The second-order valence-electron chi connectivity index (χ2n) is 3.33. The van der Waals surface area contributed by atoms with E-state index in [-0.39, 0.29) is 4.83 Å². The van der Waals surface area contributed by atoms with Crippen molar-refractivity contribution in [2.75, 3.05) is 0 Å². The summed E-state index contributed by atoms with van der Waals surface area (Å²) < 4.78 is 0. The summed E-state index contributed by atoms with van der Waals surface area (Å²) >= 11 is 3.33. The molecule has 0 aliphatic carbocycles. The van der Waals surface area contributed by atoms with Gasteiger partial charge in [-0.25, -0.2) is 0 Å². The highest BCUT2D eigenvalue weighted by Crippen LogP contribution is 2.26. The summed E-state index contributed by atoms with van der Waals surface area (Å²) in [7, 11) is 0. The van der Waals surface area contributed by atoms with E-state index < -0.39 is 0 Å². The molecule has 1 rings (SSSR count). The number of carbonyl (C=O) groups excluding carboxylic acids is 1. The Morgan fingerprint density at radius 3 is 2.23 bits per heavy atom. The molecule has 70 valence electrons. The van der Waals surface area contributed by atoms with Crippen molar-refractivity contribution < 1.29 is 4.79 Å². The monoisotopic (exact) mass is 240 g/mol. The Hall–Kier alpha value is -0.630. The van der Waals surface area contributed by atoms with Crippen molar-refractivity contribution >= 4 is 22.2 Å². The molecule has 0 N–H and O–H groups in total. The summed E-state index contributed by atoms with van der Waals surface area (Å²) in [5.74, 6) is 0. The lowest BCUT2D eigenvalue weighted by Gasteiger charge is -2.10. The van der Waals surface area contributed by atoms with E-state index in [1.54, 1.807) is 0 Å². The van der Waals surface area contributed by atoms with E-state index in [9.17, 15) is 4.79 Å². The van der Waals surface area contributed by atoms with Crippen LogP contribution in [0.5, 0.6) is 0 Å². The maximum Gasteiger partial charge on any atom is 0.138 e. The Balaban J connectivity index is 3.22. The minimum absolute atomic E-state index is 0.174. The first-order valence-corrected chi connectivity index (χ1v) is 5.15. The van der Waals surface area contributed by atoms with E-state index in [4.69, 9.17) is 0 Å². The SMILES string of the molecule is Cc1cc(C)c([C@H](Br)C=O)cc1C. The zero-order chi connectivity index (χ0) is 10.0. The molecule has 0 fully saturated rings. The van der Waals surface area contributed by atoms with Crippen molar-refractivity contribution in [2.45, 2.75) is 25.6 Å². The smallest absolute Gasteiger partial charge is 0.138 e. The molecule has 2 heteroatoms. The fraction of sp³-hybridized carbons (Fsp3) is 0.364. The highest BCUT2D eigenvalue weighted by Gasteiger charge is 2.09. The number of aldehydes is 1. The fourth-order valence-electron chi connectivity index (χ4n) is 1.35. The number of aryl methyl sites for hydroxylation is 3. The van der Waals surface area contributed by atoms with Crippen LogP contribution in [0.1, 0.15) is 27.1 Å². The lowest BCUT2D eigenvalue weighted by molar-refractivity contribution is -0.107. The zero-order valence-electron chi connectivity index (χ0n) is 8.10. The van der Waals surface area contributed by atoms with Gasteiger partial charge in [0.25, 0.3) is 0 Å². The van der Waals surface area contributed by atoms with Crippen molar-refractivity contribution in [2.24, 2.45) is 0 Å². The summed E-state index contributed by atoms with van der Waals surface area (Å²) in [5, 5.41) is 0. The van der Waals surface area contributed by atoms with Crippen LogP contribution in [-0.4, -0.2) is 6.29 Å². The van der Waals surface area contributed by atoms with Gasteiger partial charge in [-0.15, -0.1) is 0 Å². The third-order valence-electron chi connectivity index (χ3n) is 2.30. The minimum Gasteiger partial charge on any atom is -0.302 e. The van der Waals surface area contributed by atoms with Crippen LogP contribution in [0.4, 0.5) is 0 Å². The van der Waals surface area contributed by atoms with Crippen molar-refractivity contribution in [3.8, 4) is 0 Å². The van der Waals surface area contributed by atoms with E-state index in [1.807, 2.05) is 6.92 Å². The molecule has 0 saturated carbocycles. The molecule has 0 unspecified atom stereocenters. The van der Waals surface area contributed by atoms with Gasteiger partial charge in [-0.3, -0.25) is 0 Å². The molecule has 0 spiro atoms. The summed E-state index contributed by atoms with van der Waals surface area (Å²) in [5.41, 5.74) is 4.73. The fourth-order valence-corrected chi connectivity index (χ4v) is 1.85. The second-order valence-corrected chi connectivity index (χ2v) is 4.32. The maximum atomic E-state index is 10.6. The number of halogens is 1. The van der Waals surface area contributed by atoms with Gasteiger partial charge in [-0.05, 0) is 43.0 Å². The lowest BCUT2D eigenvalue weighted by atomic mass is 9.99. The highest BCUT2D eigenvalue weighted by atomic mass is 79.9. The van der Waals surface area contributed by atoms with Crippen LogP contribution >= 0.6 is 15.9 Å². The Kier molecular flexibility index (Phi) is 3.26. The minimum atomic E-state index is -0.174. The lowest BCUT2D eigenvalue weighted by Crippen LogP contribution is -1.96. The summed E-state index contributed by atoms with van der Waals surface area (Å²) in [4.78, 5) is 10.4. The van der Waals surface area contributed by atoms with E-state index in [1.165, 1.54) is 11.1 Å². The molecular formula is C11H13BrO. The first-order valence-electron chi connectivity index (χ1n) is 4.23. The van der Waals surface area contributed by atoms with E-state index in [0.717, 1.165) is 17.4 Å². The molecule has 0 aliphatic rings. The molecule has 0 heterocycles. The molecule has 1 nitrogen and oxygen atoms in total. The van der Waals surface area contributed by atoms with Gasteiger partial charge < -0.3 is 4.79 Å². The summed E-state index contributed by atoms with van der Waals surface area (Å²) in [6.45, 7) is 6.17. The first-order chi connectivity index (χ1) is 6.06. The average Bonchev–Trinajstić information content (AvgIpc) is 2.10. The van der Waals surface area contributed by atoms with E-state index in [2.05, 4.69) is 41.9 Å². The Labute approximate surface area is 87.3 Å². The van der Waals surface area contributed by atoms with Crippen LogP contribution in [0.25, 0.3) is 0 Å². The van der Waals surface area contributed by atoms with Gasteiger partial charge in [-0.2, -0.15) is 0 Å². The molecule has 1 aromatic rings. The predicted octanol–water partition coefficient (Wildman–Crippen LogP) is 3.25. The standard InChI is InChI=1S/C11H13BrO/c1-7-4-9(3)10(5-8(7)2)11(12)6-13/h4-6,11H,1-3H3/t11-/m1/s1. The molecule has 0 saturated heterocycles. The van der Waals surface area contributed by atoms with Gasteiger partial charge in [0, 0.05) is 0 Å². The quantitative estimate of drug-likeness (QED) is 0.573. The Bertz CT molecular complexity index is 331. The largest absolute Gasteiger partial charge is 0.302 e. The normalized spacial score (nSPS) is 12.6. The molecule has 13 heavy (non-hydrogen) atoms. The van der Waals surface area contributed by atoms with Crippen LogP contribution in [-0.2, 0) is 4.79 Å².